The standard InChI is InChI=1S/C20H20F3NO4S/c1-13(25)14-7-8-17(27-2)16(9-14)11-29-12-19(26)24-10-15-5-3-4-6-18(15)28-20(21,22)23/h3-9H,10-12H2,1-2H3,(H,24,26). The molecule has 0 aliphatic rings. The molecule has 0 saturated carbocycles. The summed E-state index contributed by atoms with van der Waals surface area (Å²) in [6.45, 7) is 1.38. The van der Waals surface area contributed by atoms with Gasteiger partial charge in [0.05, 0.1) is 12.9 Å². The summed E-state index contributed by atoms with van der Waals surface area (Å²) in [6.07, 6.45) is -4.80. The predicted molar refractivity (Wildman–Crippen MR) is 104 cm³/mol. The Bertz CT molecular complexity index is 871. The molecular weight excluding hydrogens is 407 g/mol. The van der Waals surface area contributed by atoms with Crippen LogP contribution in [0.1, 0.15) is 28.4 Å². The van der Waals surface area contributed by atoms with Crippen LogP contribution in [0, 0.1) is 0 Å². The number of nitrogens with one attached hydrogen (secondary N) is 1. The number of thioether (sulfide) groups is 1. The highest BCUT2D eigenvalue weighted by Gasteiger charge is 2.31. The summed E-state index contributed by atoms with van der Waals surface area (Å²) in [5, 5.41) is 2.58. The number of methoxy groups -OCH3 is 1. The molecule has 0 aromatic heterocycles. The van der Waals surface area contributed by atoms with Gasteiger partial charge >= 0.3 is 6.36 Å². The predicted octanol–water partition coefficient (Wildman–Crippen LogP) is 4.35. The molecule has 1 N–H and O–H groups in total. The van der Waals surface area contributed by atoms with Crippen LogP contribution in [-0.2, 0) is 17.1 Å². The number of hydrogen-bond donors (Lipinski definition) is 1. The molecule has 0 spiro atoms. The van der Waals surface area contributed by atoms with Crippen molar-refractivity contribution in [1.82, 2.24) is 5.32 Å². The molecule has 0 heterocycles. The average molecular weight is 427 g/mol. The molecule has 5 nitrogen and oxygen atoms in total. The molecule has 0 aliphatic carbocycles. The smallest absolute Gasteiger partial charge is 0.496 e. The van der Waals surface area contributed by atoms with Crippen molar-refractivity contribution in [2.24, 2.45) is 0 Å². The SMILES string of the molecule is COc1ccc(C(C)=O)cc1CSCC(=O)NCc1ccccc1OC(F)(F)F. The van der Waals surface area contributed by atoms with E-state index in [-0.39, 0.29) is 35.3 Å². The monoisotopic (exact) mass is 427 g/mol. The van der Waals surface area contributed by atoms with E-state index in [1.54, 1.807) is 24.3 Å². The molecule has 9 heteroatoms. The molecule has 0 unspecified atom stereocenters. The fourth-order valence-corrected chi connectivity index (χ4v) is 3.32. The van der Waals surface area contributed by atoms with Crippen LogP contribution >= 0.6 is 11.8 Å². The fraction of sp³-hybridized carbons (Fsp3) is 0.300. The Hall–Kier alpha value is -2.68. The molecule has 2 rings (SSSR count). The number of ether oxygens (including phenoxy) is 2. The van der Waals surface area contributed by atoms with E-state index in [4.69, 9.17) is 4.74 Å². The zero-order valence-electron chi connectivity index (χ0n) is 15.8. The van der Waals surface area contributed by atoms with E-state index in [1.165, 1.54) is 44.0 Å². The van der Waals surface area contributed by atoms with Crippen molar-refractivity contribution in [1.29, 1.82) is 0 Å². The summed E-state index contributed by atoms with van der Waals surface area (Å²) >= 11 is 1.30. The number of amides is 1. The zero-order chi connectivity index (χ0) is 21.4. The number of Topliss-reactive ketones (excluding diaryl/α,β-unsaturated/α-hetero) is 1. The van der Waals surface area contributed by atoms with Crippen LogP contribution in [0.2, 0.25) is 0 Å². The number of ketones is 1. The van der Waals surface area contributed by atoms with E-state index in [1.807, 2.05) is 0 Å². The van der Waals surface area contributed by atoms with Gasteiger partial charge in [0, 0.05) is 29.0 Å². The third kappa shape index (κ3) is 7.34. The summed E-state index contributed by atoms with van der Waals surface area (Å²) in [5.41, 5.74) is 1.55. The van der Waals surface area contributed by atoms with Crippen molar-refractivity contribution in [3.05, 3.63) is 59.2 Å². The summed E-state index contributed by atoms with van der Waals surface area (Å²) < 4.78 is 46.6. The average Bonchev–Trinajstić information content (AvgIpc) is 2.66. The van der Waals surface area contributed by atoms with E-state index in [0.717, 1.165) is 5.56 Å². The molecule has 1 amide bonds. The zero-order valence-corrected chi connectivity index (χ0v) is 16.7. The Morgan fingerprint density at radius 3 is 2.45 bits per heavy atom. The minimum absolute atomic E-state index is 0.0728. The molecule has 29 heavy (non-hydrogen) atoms. The van der Waals surface area contributed by atoms with Crippen molar-refractivity contribution >= 4 is 23.5 Å². The summed E-state index contributed by atoms with van der Waals surface area (Å²) in [5.74, 6) is 0.385. The van der Waals surface area contributed by atoms with Gasteiger partial charge in [-0.25, -0.2) is 0 Å². The Labute approximate surface area is 170 Å². The van der Waals surface area contributed by atoms with Crippen LogP contribution < -0.4 is 14.8 Å². The van der Waals surface area contributed by atoms with Crippen molar-refractivity contribution < 1.29 is 32.2 Å². The van der Waals surface area contributed by atoms with Crippen LogP contribution in [0.15, 0.2) is 42.5 Å². The lowest BCUT2D eigenvalue weighted by Crippen LogP contribution is -2.25. The highest BCUT2D eigenvalue weighted by Crippen LogP contribution is 2.27. The second-order valence-electron chi connectivity index (χ2n) is 6.01. The van der Waals surface area contributed by atoms with E-state index in [0.29, 0.717) is 17.1 Å². The number of para-hydroxylation sites is 1. The number of carbonyl (C=O) groups excluding carboxylic acids is 2. The molecule has 0 fully saturated rings. The van der Waals surface area contributed by atoms with Crippen LogP contribution in [0.5, 0.6) is 11.5 Å². The van der Waals surface area contributed by atoms with Crippen LogP contribution in [0.3, 0.4) is 0 Å². The second-order valence-corrected chi connectivity index (χ2v) is 6.99. The van der Waals surface area contributed by atoms with Gasteiger partial charge in [-0.05, 0) is 31.2 Å². The molecule has 0 radical (unpaired) electrons. The molecule has 2 aromatic carbocycles. The maximum Gasteiger partial charge on any atom is 0.573 e. The maximum atomic E-state index is 12.4. The lowest BCUT2D eigenvalue weighted by molar-refractivity contribution is -0.274. The van der Waals surface area contributed by atoms with Crippen molar-refractivity contribution in [2.75, 3.05) is 12.9 Å². The Morgan fingerprint density at radius 2 is 1.79 bits per heavy atom. The largest absolute Gasteiger partial charge is 0.573 e. The number of alkyl halides is 3. The number of rotatable bonds is 9. The summed E-state index contributed by atoms with van der Waals surface area (Å²) in [6, 6.07) is 10.7. The first-order valence-electron chi connectivity index (χ1n) is 8.55. The van der Waals surface area contributed by atoms with Gasteiger partial charge in [0.1, 0.15) is 11.5 Å². The fourth-order valence-electron chi connectivity index (χ4n) is 2.48. The van der Waals surface area contributed by atoms with Crippen molar-refractivity contribution in [3.63, 3.8) is 0 Å². The molecular formula is C20H20F3NO4S. The summed E-state index contributed by atoms with van der Waals surface area (Å²) in [4.78, 5) is 23.6. The van der Waals surface area contributed by atoms with Crippen LogP contribution in [0.25, 0.3) is 0 Å². The third-order valence-electron chi connectivity index (χ3n) is 3.85. The first kappa shape index (κ1) is 22.6. The first-order valence-corrected chi connectivity index (χ1v) is 9.71. The molecule has 0 saturated heterocycles. The number of halogens is 3. The minimum atomic E-state index is -4.80. The summed E-state index contributed by atoms with van der Waals surface area (Å²) in [7, 11) is 1.52. The number of hydrogen-bond acceptors (Lipinski definition) is 5. The first-order chi connectivity index (χ1) is 13.7. The quantitative estimate of drug-likeness (QED) is 0.603. The van der Waals surface area contributed by atoms with E-state index < -0.39 is 6.36 Å². The van der Waals surface area contributed by atoms with Gasteiger partial charge in [0.25, 0.3) is 0 Å². The number of carbonyl (C=O) groups is 2. The third-order valence-corrected chi connectivity index (χ3v) is 4.83. The van der Waals surface area contributed by atoms with Gasteiger partial charge in [-0.3, -0.25) is 9.59 Å². The lowest BCUT2D eigenvalue weighted by Gasteiger charge is -2.13. The molecule has 156 valence electrons. The Balaban J connectivity index is 1.89. The molecule has 0 bridgehead atoms. The Kier molecular flexibility index (Phi) is 7.95. The van der Waals surface area contributed by atoms with Gasteiger partial charge < -0.3 is 14.8 Å². The second kappa shape index (κ2) is 10.2. The van der Waals surface area contributed by atoms with Gasteiger partial charge in [0.2, 0.25) is 5.91 Å². The normalized spacial score (nSPS) is 11.1. The van der Waals surface area contributed by atoms with E-state index in [9.17, 15) is 22.8 Å². The topological polar surface area (TPSA) is 64.6 Å². The van der Waals surface area contributed by atoms with Gasteiger partial charge in [-0.2, -0.15) is 0 Å². The van der Waals surface area contributed by atoms with Crippen molar-refractivity contribution in [3.8, 4) is 11.5 Å². The van der Waals surface area contributed by atoms with Gasteiger partial charge in [-0.1, -0.05) is 18.2 Å². The molecule has 0 aliphatic heterocycles. The van der Waals surface area contributed by atoms with Crippen molar-refractivity contribution in [2.45, 2.75) is 25.6 Å². The molecule has 2 aromatic rings. The van der Waals surface area contributed by atoms with Crippen LogP contribution in [-0.4, -0.2) is 30.9 Å². The maximum absolute atomic E-state index is 12.4. The lowest BCUT2D eigenvalue weighted by atomic mass is 10.1. The van der Waals surface area contributed by atoms with Gasteiger partial charge in [-0.15, -0.1) is 24.9 Å². The minimum Gasteiger partial charge on any atom is -0.496 e. The van der Waals surface area contributed by atoms with Gasteiger partial charge in [0.15, 0.2) is 5.78 Å². The highest BCUT2D eigenvalue weighted by atomic mass is 32.2. The number of benzene rings is 2. The van der Waals surface area contributed by atoms with E-state index >= 15 is 0 Å². The Morgan fingerprint density at radius 1 is 1.07 bits per heavy atom. The molecule has 0 atom stereocenters. The van der Waals surface area contributed by atoms with Crippen LogP contribution in [0.4, 0.5) is 13.2 Å². The van der Waals surface area contributed by atoms with E-state index in [2.05, 4.69) is 10.1 Å². The highest BCUT2D eigenvalue weighted by molar-refractivity contribution is 7.99.